The Morgan fingerprint density at radius 1 is 1.07 bits per heavy atom. The predicted octanol–water partition coefficient (Wildman–Crippen LogP) is 2.61. The zero-order chi connectivity index (χ0) is 10.6. The molecule has 5 heteroatoms. The molecule has 1 rings (SSSR count). The molecule has 0 aromatic carbocycles. The Kier molecular flexibility index (Phi) is 5.33. The summed E-state index contributed by atoms with van der Waals surface area (Å²) in [4.78, 5) is 0. The molecule has 2 atom stereocenters. The van der Waals surface area contributed by atoms with Crippen LogP contribution in [-0.4, -0.2) is 34.1 Å². The van der Waals surface area contributed by atoms with Gasteiger partial charge in [-0.15, -0.1) is 0 Å². The normalized spacial score (nSPS) is 29.1. The summed E-state index contributed by atoms with van der Waals surface area (Å²) in [6, 6.07) is 0. The number of hydrogen-bond acceptors (Lipinski definition) is 3. The van der Waals surface area contributed by atoms with E-state index in [1.165, 1.54) is 25.7 Å². The molecule has 84 valence electrons. The molecular weight excluding hydrogens is 311 g/mol. The third kappa shape index (κ3) is 2.69. The summed E-state index contributed by atoms with van der Waals surface area (Å²) >= 11 is 2.52. The second-order valence-corrected chi connectivity index (χ2v) is 8.69. The number of alkyl halides is 1. The van der Waals surface area contributed by atoms with Gasteiger partial charge in [-0.1, -0.05) is 29.0 Å². The standard InChI is InChI=1S/C9H19IO3Si/c1-11-14(12-2,13-3)9-6-4-5-8(10)7-9/h8-9H,4-7H2,1-3H3. The van der Waals surface area contributed by atoms with Crippen LogP contribution < -0.4 is 0 Å². The molecule has 0 spiro atoms. The quantitative estimate of drug-likeness (QED) is 0.451. The van der Waals surface area contributed by atoms with Crippen LogP contribution in [0.3, 0.4) is 0 Å². The average Bonchev–Trinajstić information content (AvgIpc) is 2.22. The minimum absolute atomic E-state index is 0.484. The zero-order valence-corrected chi connectivity index (χ0v) is 12.2. The smallest absolute Gasteiger partial charge is 0.377 e. The van der Waals surface area contributed by atoms with Gasteiger partial charge >= 0.3 is 8.80 Å². The highest BCUT2D eigenvalue weighted by Crippen LogP contribution is 2.40. The summed E-state index contributed by atoms with van der Waals surface area (Å²) in [5.41, 5.74) is 0.484. The molecule has 14 heavy (non-hydrogen) atoms. The van der Waals surface area contributed by atoms with Crippen molar-refractivity contribution in [1.29, 1.82) is 0 Å². The van der Waals surface area contributed by atoms with Crippen molar-refractivity contribution in [2.45, 2.75) is 35.1 Å². The highest BCUT2D eigenvalue weighted by atomic mass is 127. The summed E-state index contributed by atoms with van der Waals surface area (Å²) in [6.45, 7) is 0. The molecule has 2 unspecified atom stereocenters. The van der Waals surface area contributed by atoms with Gasteiger partial charge in [0.2, 0.25) is 0 Å². The lowest BCUT2D eigenvalue weighted by molar-refractivity contribution is 0.105. The number of rotatable bonds is 4. The largest absolute Gasteiger partial charge is 0.503 e. The van der Waals surface area contributed by atoms with Gasteiger partial charge in [0.05, 0.1) is 0 Å². The van der Waals surface area contributed by atoms with Gasteiger partial charge < -0.3 is 13.3 Å². The van der Waals surface area contributed by atoms with E-state index in [-0.39, 0.29) is 0 Å². The van der Waals surface area contributed by atoms with Gasteiger partial charge in [-0.25, -0.2) is 0 Å². The van der Waals surface area contributed by atoms with Gasteiger partial charge in [0, 0.05) is 30.8 Å². The zero-order valence-electron chi connectivity index (χ0n) is 9.09. The Morgan fingerprint density at radius 3 is 2.07 bits per heavy atom. The van der Waals surface area contributed by atoms with Crippen LogP contribution >= 0.6 is 22.6 Å². The Balaban J connectivity index is 2.66. The molecule has 3 nitrogen and oxygen atoms in total. The summed E-state index contributed by atoms with van der Waals surface area (Å²) in [6.07, 6.45) is 4.94. The summed E-state index contributed by atoms with van der Waals surface area (Å²) < 4.78 is 17.3. The van der Waals surface area contributed by atoms with Crippen LogP contribution in [0.2, 0.25) is 5.54 Å². The molecular formula is C9H19IO3Si. The predicted molar refractivity (Wildman–Crippen MR) is 66.8 cm³/mol. The van der Waals surface area contributed by atoms with Gasteiger partial charge in [0.15, 0.2) is 0 Å². The van der Waals surface area contributed by atoms with E-state index >= 15 is 0 Å². The van der Waals surface area contributed by atoms with E-state index in [2.05, 4.69) is 22.6 Å². The maximum atomic E-state index is 5.52. The highest BCUT2D eigenvalue weighted by molar-refractivity contribution is 14.1. The molecule has 1 fully saturated rings. The molecule has 0 N–H and O–H groups in total. The van der Waals surface area contributed by atoms with Crippen LogP contribution in [0.15, 0.2) is 0 Å². The Hall–Kier alpha value is 0.827. The first-order valence-corrected chi connectivity index (χ1v) is 8.02. The average molecular weight is 330 g/mol. The van der Waals surface area contributed by atoms with Crippen LogP contribution in [0.4, 0.5) is 0 Å². The Morgan fingerprint density at radius 2 is 1.64 bits per heavy atom. The fourth-order valence-electron chi connectivity index (χ4n) is 2.20. The van der Waals surface area contributed by atoms with E-state index in [0.717, 1.165) is 3.92 Å². The van der Waals surface area contributed by atoms with Crippen molar-refractivity contribution in [2.24, 2.45) is 0 Å². The lowest BCUT2D eigenvalue weighted by Gasteiger charge is -2.36. The lowest BCUT2D eigenvalue weighted by Crippen LogP contribution is -2.49. The molecule has 0 radical (unpaired) electrons. The molecule has 0 heterocycles. The van der Waals surface area contributed by atoms with E-state index in [0.29, 0.717) is 5.54 Å². The second-order valence-electron chi connectivity index (χ2n) is 3.68. The summed E-state index contributed by atoms with van der Waals surface area (Å²) in [5.74, 6) is 0. The lowest BCUT2D eigenvalue weighted by atomic mass is 10.0. The Bertz CT molecular complexity index is 167. The van der Waals surface area contributed by atoms with Gasteiger partial charge in [0.25, 0.3) is 0 Å². The highest BCUT2D eigenvalue weighted by Gasteiger charge is 2.48. The first kappa shape index (κ1) is 12.9. The summed E-state index contributed by atoms with van der Waals surface area (Å²) in [7, 11) is 2.75. The second kappa shape index (κ2) is 5.79. The fraction of sp³-hybridized carbons (Fsp3) is 1.00. The molecule has 1 aliphatic rings. The molecule has 0 aliphatic heterocycles. The fourth-order valence-corrected chi connectivity index (χ4v) is 6.37. The van der Waals surface area contributed by atoms with Crippen LogP contribution in [0, 0.1) is 0 Å². The van der Waals surface area contributed by atoms with Gasteiger partial charge in [0.1, 0.15) is 0 Å². The number of halogens is 1. The van der Waals surface area contributed by atoms with Gasteiger partial charge in [-0.3, -0.25) is 0 Å². The van der Waals surface area contributed by atoms with Crippen molar-refractivity contribution < 1.29 is 13.3 Å². The maximum absolute atomic E-state index is 5.52. The first-order valence-electron chi connectivity index (χ1n) is 4.98. The third-order valence-electron chi connectivity index (χ3n) is 2.96. The van der Waals surface area contributed by atoms with E-state index < -0.39 is 8.80 Å². The molecule has 0 amide bonds. The number of hydrogen-bond donors (Lipinski definition) is 0. The van der Waals surface area contributed by atoms with Gasteiger partial charge in [-0.2, -0.15) is 0 Å². The third-order valence-corrected chi connectivity index (χ3v) is 7.33. The molecule has 0 bridgehead atoms. The van der Waals surface area contributed by atoms with Crippen molar-refractivity contribution in [3.8, 4) is 0 Å². The maximum Gasteiger partial charge on any atom is 0.503 e. The van der Waals surface area contributed by atoms with E-state index in [1.54, 1.807) is 21.3 Å². The van der Waals surface area contributed by atoms with Gasteiger partial charge in [-0.05, 0) is 19.3 Å². The van der Waals surface area contributed by atoms with Crippen molar-refractivity contribution >= 4 is 31.4 Å². The molecule has 0 aromatic rings. The van der Waals surface area contributed by atoms with E-state index in [1.807, 2.05) is 0 Å². The Labute approximate surface area is 101 Å². The van der Waals surface area contributed by atoms with Crippen LogP contribution in [0.5, 0.6) is 0 Å². The molecule has 1 saturated carbocycles. The SMILES string of the molecule is CO[Si](OC)(OC)C1CCCC(I)C1. The first-order chi connectivity index (χ1) is 6.68. The van der Waals surface area contributed by atoms with Crippen LogP contribution in [0.25, 0.3) is 0 Å². The minimum atomic E-state index is -2.36. The molecule has 0 aromatic heterocycles. The molecule has 1 aliphatic carbocycles. The van der Waals surface area contributed by atoms with Crippen molar-refractivity contribution in [3.63, 3.8) is 0 Å². The minimum Gasteiger partial charge on any atom is -0.377 e. The van der Waals surface area contributed by atoms with Crippen LogP contribution in [0.1, 0.15) is 25.7 Å². The van der Waals surface area contributed by atoms with Crippen molar-refractivity contribution in [2.75, 3.05) is 21.3 Å². The van der Waals surface area contributed by atoms with E-state index in [4.69, 9.17) is 13.3 Å². The topological polar surface area (TPSA) is 27.7 Å². The van der Waals surface area contributed by atoms with Crippen molar-refractivity contribution in [3.05, 3.63) is 0 Å². The monoisotopic (exact) mass is 330 g/mol. The summed E-state index contributed by atoms with van der Waals surface area (Å²) in [5, 5.41) is 0. The van der Waals surface area contributed by atoms with Crippen LogP contribution in [-0.2, 0) is 13.3 Å². The molecule has 0 saturated heterocycles. The van der Waals surface area contributed by atoms with Crippen molar-refractivity contribution in [1.82, 2.24) is 0 Å². The van der Waals surface area contributed by atoms with E-state index in [9.17, 15) is 0 Å².